The van der Waals surface area contributed by atoms with Crippen LogP contribution in [0.15, 0.2) is 24.3 Å². The van der Waals surface area contributed by atoms with Crippen LogP contribution in [0.1, 0.15) is 29.6 Å². The summed E-state index contributed by atoms with van der Waals surface area (Å²) in [6.45, 7) is 1.53. The normalized spacial score (nSPS) is 16.9. The van der Waals surface area contributed by atoms with Crippen molar-refractivity contribution in [2.45, 2.75) is 25.4 Å². The number of nitrogens with zero attached hydrogens (tertiary/aromatic N) is 1. The number of hydrogen-bond acceptors (Lipinski definition) is 5. The summed E-state index contributed by atoms with van der Waals surface area (Å²) in [6.07, 6.45) is 2.15. The number of hydrogen-bond donors (Lipinski definition) is 0. The molecule has 1 aliphatic heterocycles. The molecule has 1 unspecified atom stereocenters. The first-order chi connectivity index (χ1) is 11.1. The van der Waals surface area contributed by atoms with Gasteiger partial charge in [-0.3, -0.25) is 9.59 Å². The van der Waals surface area contributed by atoms with Crippen LogP contribution in [-0.2, 0) is 14.3 Å². The lowest BCUT2D eigenvalue weighted by Crippen LogP contribution is -2.38. The van der Waals surface area contributed by atoms with Crippen LogP contribution in [0.2, 0.25) is 0 Å². The maximum atomic E-state index is 12.7. The van der Waals surface area contributed by atoms with Crippen LogP contribution >= 0.6 is 0 Å². The third kappa shape index (κ3) is 4.96. The van der Waals surface area contributed by atoms with Crippen molar-refractivity contribution in [3.05, 3.63) is 29.8 Å². The summed E-state index contributed by atoms with van der Waals surface area (Å²) >= 11 is 0. The van der Waals surface area contributed by atoms with E-state index in [0.717, 1.165) is 19.4 Å². The molecule has 0 aliphatic carbocycles. The molecule has 2 rings (SSSR count). The molecule has 1 aromatic carbocycles. The van der Waals surface area contributed by atoms with Crippen molar-refractivity contribution in [1.82, 2.24) is 4.90 Å². The summed E-state index contributed by atoms with van der Waals surface area (Å²) in [6, 6.07) is 6.94. The summed E-state index contributed by atoms with van der Waals surface area (Å²) in [5, 5.41) is 0. The zero-order valence-electron chi connectivity index (χ0n) is 13.6. The summed E-state index contributed by atoms with van der Waals surface area (Å²) in [7, 11) is 2.93. The van der Waals surface area contributed by atoms with Crippen molar-refractivity contribution in [2.24, 2.45) is 0 Å². The lowest BCUT2D eigenvalue weighted by molar-refractivity contribution is -0.140. The Bertz CT molecular complexity index is 522. The van der Waals surface area contributed by atoms with Crippen LogP contribution < -0.4 is 4.74 Å². The molecule has 0 spiro atoms. The molecule has 0 aromatic heterocycles. The number of rotatable bonds is 7. The second-order valence-electron chi connectivity index (χ2n) is 5.44. The van der Waals surface area contributed by atoms with E-state index in [1.807, 2.05) is 0 Å². The van der Waals surface area contributed by atoms with Crippen molar-refractivity contribution < 1.29 is 23.8 Å². The Balaban J connectivity index is 2.05. The van der Waals surface area contributed by atoms with Crippen LogP contribution in [-0.4, -0.2) is 56.8 Å². The molecule has 1 heterocycles. The Morgan fingerprint density at radius 3 is 2.57 bits per heavy atom. The third-order valence-electron chi connectivity index (χ3n) is 3.89. The van der Waals surface area contributed by atoms with Crippen LogP contribution in [0.4, 0.5) is 0 Å². The van der Waals surface area contributed by atoms with Gasteiger partial charge < -0.3 is 19.1 Å². The van der Waals surface area contributed by atoms with Gasteiger partial charge in [0.25, 0.3) is 5.91 Å². The predicted molar refractivity (Wildman–Crippen MR) is 84.5 cm³/mol. The Labute approximate surface area is 136 Å². The quantitative estimate of drug-likeness (QED) is 0.718. The van der Waals surface area contributed by atoms with E-state index in [-0.39, 0.29) is 24.4 Å². The van der Waals surface area contributed by atoms with E-state index >= 15 is 0 Å². The molecule has 6 nitrogen and oxygen atoms in total. The second-order valence-corrected chi connectivity index (χ2v) is 5.44. The largest absolute Gasteiger partial charge is 0.497 e. The molecule has 0 bridgehead atoms. The number of carbonyl (C=O) groups excluding carboxylic acids is 2. The zero-order valence-corrected chi connectivity index (χ0v) is 13.6. The number of methoxy groups -OCH3 is 2. The van der Waals surface area contributed by atoms with Gasteiger partial charge >= 0.3 is 5.97 Å². The van der Waals surface area contributed by atoms with Crippen LogP contribution in [0.25, 0.3) is 0 Å². The van der Waals surface area contributed by atoms with Gasteiger partial charge in [-0.1, -0.05) is 0 Å². The molecule has 23 heavy (non-hydrogen) atoms. The van der Waals surface area contributed by atoms with Crippen molar-refractivity contribution in [2.75, 3.05) is 33.9 Å². The van der Waals surface area contributed by atoms with Crippen molar-refractivity contribution in [3.63, 3.8) is 0 Å². The van der Waals surface area contributed by atoms with Gasteiger partial charge in [-0.05, 0) is 37.1 Å². The van der Waals surface area contributed by atoms with Crippen molar-refractivity contribution >= 4 is 11.9 Å². The highest BCUT2D eigenvalue weighted by Gasteiger charge is 2.24. The molecule has 126 valence electrons. The highest BCUT2D eigenvalue weighted by atomic mass is 16.5. The van der Waals surface area contributed by atoms with Crippen LogP contribution in [0.3, 0.4) is 0 Å². The Morgan fingerprint density at radius 1 is 1.26 bits per heavy atom. The number of esters is 1. The van der Waals surface area contributed by atoms with Gasteiger partial charge in [0.15, 0.2) is 0 Å². The minimum atomic E-state index is -0.329. The first-order valence-corrected chi connectivity index (χ1v) is 7.75. The Morgan fingerprint density at radius 2 is 2.00 bits per heavy atom. The van der Waals surface area contributed by atoms with E-state index in [1.165, 1.54) is 7.11 Å². The number of benzene rings is 1. The molecule has 1 fully saturated rings. The second kappa shape index (κ2) is 8.53. The van der Waals surface area contributed by atoms with Gasteiger partial charge in [-0.2, -0.15) is 0 Å². The number of amides is 1. The standard InChI is InChI=1S/C17H23NO5/c1-21-14-7-5-13(6-8-14)17(20)18(10-9-16(19)22-2)12-15-4-3-11-23-15/h5-8,15H,3-4,9-12H2,1-2H3. The van der Waals surface area contributed by atoms with Gasteiger partial charge in [0.1, 0.15) is 5.75 Å². The molecule has 1 atom stereocenters. The van der Waals surface area contributed by atoms with E-state index in [1.54, 1.807) is 36.3 Å². The molecule has 0 N–H and O–H groups in total. The van der Waals surface area contributed by atoms with E-state index in [0.29, 0.717) is 24.4 Å². The predicted octanol–water partition coefficient (Wildman–Crippen LogP) is 1.88. The van der Waals surface area contributed by atoms with E-state index in [2.05, 4.69) is 4.74 Å². The van der Waals surface area contributed by atoms with Gasteiger partial charge in [-0.15, -0.1) is 0 Å². The average Bonchev–Trinajstić information content (AvgIpc) is 3.10. The fourth-order valence-electron chi connectivity index (χ4n) is 2.55. The average molecular weight is 321 g/mol. The summed E-state index contributed by atoms with van der Waals surface area (Å²) in [4.78, 5) is 25.8. The van der Waals surface area contributed by atoms with E-state index in [4.69, 9.17) is 9.47 Å². The Kier molecular flexibility index (Phi) is 6.40. The molecule has 6 heteroatoms. The third-order valence-corrected chi connectivity index (χ3v) is 3.89. The first-order valence-electron chi connectivity index (χ1n) is 7.75. The molecule has 1 saturated heterocycles. The van der Waals surface area contributed by atoms with Gasteiger partial charge in [0.05, 0.1) is 26.7 Å². The van der Waals surface area contributed by atoms with E-state index < -0.39 is 0 Å². The molecular formula is C17H23NO5. The number of ether oxygens (including phenoxy) is 3. The van der Waals surface area contributed by atoms with Gasteiger partial charge in [0, 0.05) is 25.3 Å². The molecule has 0 saturated carbocycles. The fraction of sp³-hybridized carbons (Fsp3) is 0.529. The van der Waals surface area contributed by atoms with Crippen LogP contribution in [0.5, 0.6) is 5.75 Å². The summed E-state index contributed by atoms with van der Waals surface area (Å²) in [5.41, 5.74) is 0.564. The smallest absolute Gasteiger partial charge is 0.307 e. The highest BCUT2D eigenvalue weighted by Crippen LogP contribution is 2.17. The van der Waals surface area contributed by atoms with Crippen molar-refractivity contribution in [3.8, 4) is 5.75 Å². The minimum Gasteiger partial charge on any atom is -0.497 e. The molecule has 0 radical (unpaired) electrons. The topological polar surface area (TPSA) is 65.1 Å². The number of carbonyl (C=O) groups is 2. The molecule has 1 aliphatic rings. The molecule has 1 amide bonds. The van der Waals surface area contributed by atoms with Crippen LogP contribution in [0, 0.1) is 0 Å². The summed E-state index contributed by atoms with van der Waals surface area (Å²) < 4.78 is 15.4. The maximum absolute atomic E-state index is 12.7. The minimum absolute atomic E-state index is 0.0369. The molecule has 1 aromatic rings. The van der Waals surface area contributed by atoms with Crippen molar-refractivity contribution in [1.29, 1.82) is 0 Å². The SMILES string of the molecule is COC(=O)CCN(CC1CCCO1)C(=O)c1ccc(OC)cc1. The van der Waals surface area contributed by atoms with E-state index in [9.17, 15) is 9.59 Å². The lowest BCUT2D eigenvalue weighted by Gasteiger charge is -2.25. The summed E-state index contributed by atoms with van der Waals surface area (Å²) in [5.74, 6) is 0.249. The van der Waals surface area contributed by atoms with Gasteiger partial charge in [-0.25, -0.2) is 0 Å². The first kappa shape index (κ1) is 17.3. The highest BCUT2D eigenvalue weighted by molar-refractivity contribution is 5.94. The monoisotopic (exact) mass is 321 g/mol. The molecular weight excluding hydrogens is 298 g/mol. The maximum Gasteiger partial charge on any atom is 0.307 e. The fourth-order valence-corrected chi connectivity index (χ4v) is 2.55. The lowest BCUT2D eigenvalue weighted by atomic mass is 10.1. The Hall–Kier alpha value is -2.08. The van der Waals surface area contributed by atoms with Gasteiger partial charge in [0.2, 0.25) is 0 Å². The zero-order chi connectivity index (χ0) is 16.7.